The van der Waals surface area contributed by atoms with Crippen LogP contribution in [0.2, 0.25) is 0 Å². The number of rotatable bonds is 8. The summed E-state index contributed by atoms with van der Waals surface area (Å²) < 4.78 is 29.7. The second-order valence-corrected chi connectivity index (χ2v) is 11.7. The molecule has 0 saturated carbocycles. The lowest BCUT2D eigenvalue weighted by atomic mass is 10.0. The largest absolute Gasteiger partial charge is 0.496 e. The second-order valence-electron chi connectivity index (χ2n) is 9.53. The molecular formula is C28H33ClN4O6S. The van der Waals surface area contributed by atoms with Gasteiger partial charge in [0.05, 0.1) is 37.6 Å². The number of benzene rings is 3. The first-order chi connectivity index (χ1) is 18.5. The molecular weight excluding hydrogens is 556 g/mol. The van der Waals surface area contributed by atoms with E-state index < -0.39 is 45.4 Å². The number of hydrogen-bond acceptors (Lipinski definition) is 7. The van der Waals surface area contributed by atoms with E-state index in [0.29, 0.717) is 17.1 Å². The van der Waals surface area contributed by atoms with Crippen LogP contribution in [0.1, 0.15) is 12.5 Å². The highest BCUT2D eigenvalue weighted by Gasteiger charge is 2.38. The maximum Gasteiger partial charge on any atom is 0.251 e. The number of hydrogen-bond donors (Lipinski definition) is 2. The van der Waals surface area contributed by atoms with Crippen molar-refractivity contribution in [3.63, 3.8) is 0 Å². The fourth-order valence-corrected chi connectivity index (χ4v) is 5.26. The van der Waals surface area contributed by atoms with E-state index in [1.165, 1.54) is 9.80 Å². The minimum Gasteiger partial charge on any atom is -0.496 e. The van der Waals surface area contributed by atoms with E-state index in [2.05, 4.69) is 10.6 Å². The maximum atomic E-state index is 14.1. The molecule has 0 fully saturated rings. The Hall–Kier alpha value is -3.67. The number of ether oxygens (including phenoxy) is 1. The molecule has 0 saturated heterocycles. The highest BCUT2D eigenvalue weighted by Crippen LogP contribution is 2.37. The smallest absolute Gasteiger partial charge is 0.251 e. The van der Waals surface area contributed by atoms with Gasteiger partial charge in [-0.25, -0.2) is 8.42 Å². The summed E-state index contributed by atoms with van der Waals surface area (Å²) in [5.74, 6) is -1.72. The highest BCUT2D eigenvalue weighted by atomic mass is 35.5. The minimum absolute atomic E-state index is 0. The van der Waals surface area contributed by atoms with Crippen molar-refractivity contribution < 1.29 is 27.5 Å². The van der Waals surface area contributed by atoms with Gasteiger partial charge in [-0.2, -0.15) is 0 Å². The molecule has 3 amide bonds. The number of carbonyl (C=O) groups excluding carboxylic acids is 3. The van der Waals surface area contributed by atoms with Crippen molar-refractivity contribution in [3.8, 4) is 5.75 Å². The van der Waals surface area contributed by atoms with Crippen molar-refractivity contribution in [2.75, 3.05) is 42.5 Å². The normalized spacial score (nSPS) is 16.0. The SMILES string of the molecule is CNC(C)C(=O)NC1CN(C(=O)CS(C)(=O)=O)c2ccccc2N(Cc2c(OC)ccc3ccccc23)C1=O.Cl. The lowest BCUT2D eigenvalue weighted by Crippen LogP contribution is -2.56. The van der Waals surface area contributed by atoms with E-state index in [0.717, 1.165) is 22.6 Å². The van der Waals surface area contributed by atoms with E-state index in [4.69, 9.17) is 4.74 Å². The fourth-order valence-electron chi connectivity index (χ4n) is 4.65. The molecule has 2 N–H and O–H groups in total. The number of para-hydroxylation sites is 2. The van der Waals surface area contributed by atoms with Crippen LogP contribution in [0.4, 0.5) is 11.4 Å². The zero-order valence-corrected chi connectivity index (χ0v) is 24.3. The molecule has 1 heterocycles. The summed E-state index contributed by atoms with van der Waals surface area (Å²) in [6.07, 6.45) is 0.979. The zero-order chi connectivity index (χ0) is 28.3. The van der Waals surface area contributed by atoms with Gasteiger partial charge in [-0.3, -0.25) is 14.4 Å². The average Bonchev–Trinajstić information content (AvgIpc) is 3.02. The summed E-state index contributed by atoms with van der Waals surface area (Å²) in [5, 5.41) is 7.45. The molecule has 1 aliphatic rings. The molecule has 12 heteroatoms. The first-order valence-electron chi connectivity index (χ1n) is 12.4. The molecule has 0 radical (unpaired) electrons. The predicted octanol–water partition coefficient (Wildman–Crippen LogP) is 2.29. The van der Waals surface area contributed by atoms with Crippen molar-refractivity contribution in [2.24, 2.45) is 0 Å². The van der Waals surface area contributed by atoms with Gasteiger partial charge >= 0.3 is 0 Å². The third-order valence-electron chi connectivity index (χ3n) is 6.76. The number of halogens is 1. The maximum absolute atomic E-state index is 14.1. The van der Waals surface area contributed by atoms with Crippen molar-refractivity contribution in [2.45, 2.75) is 25.6 Å². The molecule has 40 heavy (non-hydrogen) atoms. The number of likely N-dealkylation sites (N-methyl/N-ethyl adjacent to an activating group) is 1. The number of nitrogens with zero attached hydrogens (tertiary/aromatic N) is 2. The Kier molecular flexibility index (Phi) is 9.78. The standard InChI is InChI=1S/C28H32N4O6S.ClH/c1-18(29-2)27(34)30-22-16-31(26(33)17-39(4,36)37)23-11-7-8-12-24(23)32(28(22)35)15-21-20-10-6-5-9-19(20)13-14-25(21)38-3;/h5-14,18,22,29H,15-17H2,1-4H3,(H,30,34);1H. The fraction of sp³-hybridized carbons (Fsp3) is 0.321. The van der Waals surface area contributed by atoms with Gasteiger partial charge in [0.2, 0.25) is 11.8 Å². The first-order valence-corrected chi connectivity index (χ1v) is 14.5. The summed E-state index contributed by atoms with van der Waals surface area (Å²) in [4.78, 5) is 43.0. The third kappa shape index (κ3) is 6.55. The highest BCUT2D eigenvalue weighted by molar-refractivity contribution is 7.91. The van der Waals surface area contributed by atoms with Crippen molar-refractivity contribution >= 4 is 62.1 Å². The number of anilines is 2. The first kappa shape index (κ1) is 30.9. The van der Waals surface area contributed by atoms with Crippen LogP contribution < -0.4 is 25.2 Å². The Morgan fingerprint density at radius 3 is 2.35 bits per heavy atom. The van der Waals surface area contributed by atoms with E-state index in [-0.39, 0.29) is 25.5 Å². The molecule has 0 spiro atoms. The van der Waals surface area contributed by atoms with Gasteiger partial charge in [-0.05, 0) is 42.9 Å². The topological polar surface area (TPSA) is 125 Å². The average molecular weight is 589 g/mol. The molecule has 1 aliphatic heterocycles. The van der Waals surface area contributed by atoms with Gasteiger partial charge in [-0.15, -0.1) is 12.4 Å². The Labute approximate surface area is 240 Å². The van der Waals surface area contributed by atoms with Gasteiger partial charge in [0, 0.05) is 11.8 Å². The third-order valence-corrected chi connectivity index (χ3v) is 7.53. The molecule has 2 unspecified atom stereocenters. The molecule has 10 nitrogen and oxygen atoms in total. The Bertz CT molecular complexity index is 1530. The van der Waals surface area contributed by atoms with Crippen LogP contribution in [-0.4, -0.2) is 70.9 Å². The Morgan fingerprint density at radius 2 is 1.70 bits per heavy atom. The number of carbonyl (C=O) groups is 3. The van der Waals surface area contributed by atoms with Crippen molar-refractivity contribution in [1.29, 1.82) is 0 Å². The minimum atomic E-state index is -3.66. The van der Waals surface area contributed by atoms with Crippen LogP contribution in [0.5, 0.6) is 5.75 Å². The number of sulfone groups is 1. The molecule has 4 rings (SSSR count). The van der Waals surface area contributed by atoms with E-state index in [9.17, 15) is 22.8 Å². The number of nitrogens with one attached hydrogen (secondary N) is 2. The summed E-state index contributed by atoms with van der Waals surface area (Å²) in [6.45, 7) is 1.51. The van der Waals surface area contributed by atoms with E-state index in [1.807, 2.05) is 36.4 Å². The molecule has 3 aromatic rings. The molecule has 3 aromatic carbocycles. The van der Waals surface area contributed by atoms with E-state index >= 15 is 0 Å². The predicted molar refractivity (Wildman–Crippen MR) is 158 cm³/mol. The molecule has 0 aliphatic carbocycles. The Morgan fingerprint density at radius 1 is 1.05 bits per heavy atom. The van der Waals surface area contributed by atoms with Crippen LogP contribution >= 0.6 is 12.4 Å². The molecule has 0 aromatic heterocycles. The summed E-state index contributed by atoms with van der Waals surface area (Å²) in [7, 11) is -0.481. The number of methoxy groups -OCH3 is 1. The van der Waals surface area contributed by atoms with Crippen LogP contribution in [0.25, 0.3) is 10.8 Å². The van der Waals surface area contributed by atoms with E-state index in [1.54, 1.807) is 45.3 Å². The second kappa shape index (κ2) is 12.7. The van der Waals surface area contributed by atoms with Gasteiger partial charge in [0.25, 0.3) is 5.91 Å². The molecule has 2 atom stereocenters. The zero-order valence-electron chi connectivity index (χ0n) is 22.7. The van der Waals surface area contributed by atoms with Gasteiger partial charge < -0.3 is 25.2 Å². The lowest BCUT2D eigenvalue weighted by molar-refractivity contribution is -0.128. The summed E-state index contributed by atoms with van der Waals surface area (Å²) in [6, 6.07) is 16.6. The van der Waals surface area contributed by atoms with Crippen LogP contribution in [0, 0.1) is 0 Å². The van der Waals surface area contributed by atoms with Crippen LogP contribution in [-0.2, 0) is 30.8 Å². The van der Waals surface area contributed by atoms with Crippen LogP contribution in [0.3, 0.4) is 0 Å². The Balaban J connectivity index is 0.00000441. The lowest BCUT2D eigenvalue weighted by Gasteiger charge is -2.27. The van der Waals surface area contributed by atoms with Gasteiger partial charge in [0.15, 0.2) is 9.84 Å². The van der Waals surface area contributed by atoms with Gasteiger partial charge in [0.1, 0.15) is 17.5 Å². The summed E-state index contributed by atoms with van der Waals surface area (Å²) in [5.41, 5.74) is 1.54. The van der Waals surface area contributed by atoms with Crippen molar-refractivity contribution in [1.82, 2.24) is 10.6 Å². The molecule has 0 bridgehead atoms. The number of amides is 3. The number of fused-ring (bicyclic) bond motifs is 2. The quantitative estimate of drug-likeness (QED) is 0.414. The van der Waals surface area contributed by atoms with Crippen LogP contribution in [0.15, 0.2) is 60.7 Å². The van der Waals surface area contributed by atoms with Gasteiger partial charge in [-0.1, -0.05) is 42.5 Å². The van der Waals surface area contributed by atoms with Crippen molar-refractivity contribution in [3.05, 3.63) is 66.2 Å². The summed E-state index contributed by atoms with van der Waals surface area (Å²) >= 11 is 0. The molecule has 214 valence electrons. The monoisotopic (exact) mass is 588 g/mol.